The number of nitrogens with two attached hydrogens (primary N) is 1. The van der Waals surface area contributed by atoms with Gasteiger partial charge < -0.3 is 37.1 Å². The molecule has 13 nitrogen and oxygen atoms in total. The SMILES string of the molecule is CC[C@H](C)[C@H](NC(=O)C[C@H](N)[C@H](Cc1ccccc1)NC(=O)[C@@H](NC(=O)C(Cc1ccccc1)NC(=O)CC(C)C)C(C)C)C(=O)N[C@H](C(=O)OC)C(C)C. The highest BCUT2D eigenvalue weighted by Crippen LogP contribution is 2.14. The Hall–Kier alpha value is -4.78. The molecule has 0 fully saturated rings. The quantitative estimate of drug-likeness (QED) is 0.0983. The predicted molar refractivity (Wildman–Crippen MR) is 213 cm³/mol. The van der Waals surface area contributed by atoms with Crippen molar-refractivity contribution in [2.45, 2.75) is 124 Å². The van der Waals surface area contributed by atoms with Gasteiger partial charge in [0.25, 0.3) is 0 Å². The van der Waals surface area contributed by atoms with Gasteiger partial charge in [-0.1, -0.05) is 122 Å². The van der Waals surface area contributed by atoms with E-state index in [-0.39, 0.29) is 55.3 Å². The second-order valence-corrected chi connectivity index (χ2v) is 15.5. The zero-order valence-electron chi connectivity index (χ0n) is 34.0. The fourth-order valence-corrected chi connectivity index (χ4v) is 6.08. The molecular formula is C42H64N6O7. The topological polar surface area (TPSA) is 198 Å². The van der Waals surface area contributed by atoms with Crippen LogP contribution in [0.4, 0.5) is 0 Å². The van der Waals surface area contributed by atoms with E-state index in [1.54, 1.807) is 27.7 Å². The third-order valence-corrected chi connectivity index (χ3v) is 9.57. The Morgan fingerprint density at radius 2 is 1.09 bits per heavy atom. The molecule has 55 heavy (non-hydrogen) atoms. The van der Waals surface area contributed by atoms with E-state index in [1.807, 2.05) is 88.4 Å². The molecule has 2 aromatic rings. The highest BCUT2D eigenvalue weighted by Gasteiger charge is 2.34. The van der Waals surface area contributed by atoms with Crippen molar-refractivity contribution in [2.24, 2.45) is 29.4 Å². The fourth-order valence-electron chi connectivity index (χ4n) is 6.08. The molecular weight excluding hydrogens is 700 g/mol. The number of methoxy groups -OCH3 is 1. The molecule has 0 spiro atoms. The Morgan fingerprint density at radius 3 is 1.58 bits per heavy atom. The monoisotopic (exact) mass is 764 g/mol. The largest absolute Gasteiger partial charge is 0.467 e. The Kier molecular flexibility index (Phi) is 19.6. The highest BCUT2D eigenvalue weighted by atomic mass is 16.5. The summed E-state index contributed by atoms with van der Waals surface area (Å²) in [6.45, 7) is 14.7. The van der Waals surface area contributed by atoms with E-state index in [2.05, 4.69) is 26.6 Å². The number of amides is 5. The van der Waals surface area contributed by atoms with Crippen LogP contribution in [0.15, 0.2) is 60.7 Å². The molecule has 0 radical (unpaired) electrons. The zero-order valence-corrected chi connectivity index (χ0v) is 34.0. The third-order valence-electron chi connectivity index (χ3n) is 9.57. The summed E-state index contributed by atoms with van der Waals surface area (Å²) in [5.74, 6) is -3.66. The van der Waals surface area contributed by atoms with Gasteiger partial charge in [-0.15, -0.1) is 0 Å². The average Bonchev–Trinajstić information content (AvgIpc) is 3.13. The summed E-state index contributed by atoms with van der Waals surface area (Å²) < 4.78 is 4.87. The fraction of sp³-hybridized carbons (Fsp3) is 0.571. The number of nitrogens with one attached hydrogen (secondary N) is 5. The minimum atomic E-state index is -0.991. The van der Waals surface area contributed by atoms with Crippen LogP contribution in [0, 0.1) is 23.7 Å². The molecule has 304 valence electrons. The molecule has 0 saturated heterocycles. The maximum atomic E-state index is 14.0. The van der Waals surface area contributed by atoms with E-state index in [9.17, 15) is 28.8 Å². The van der Waals surface area contributed by atoms with Crippen molar-refractivity contribution in [3.8, 4) is 0 Å². The van der Waals surface area contributed by atoms with Crippen LogP contribution in [0.1, 0.15) is 85.8 Å². The van der Waals surface area contributed by atoms with Crippen molar-refractivity contribution < 1.29 is 33.5 Å². The number of hydrogen-bond donors (Lipinski definition) is 6. The molecule has 5 amide bonds. The number of hydrogen-bond acceptors (Lipinski definition) is 8. The van der Waals surface area contributed by atoms with Crippen LogP contribution in [0.2, 0.25) is 0 Å². The normalized spacial score (nSPS) is 15.1. The van der Waals surface area contributed by atoms with E-state index >= 15 is 0 Å². The van der Waals surface area contributed by atoms with Gasteiger partial charge in [-0.2, -0.15) is 0 Å². The Bertz CT molecular complexity index is 1540. The molecule has 2 rings (SSSR count). The summed E-state index contributed by atoms with van der Waals surface area (Å²) >= 11 is 0. The van der Waals surface area contributed by atoms with Gasteiger partial charge in [0.2, 0.25) is 29.5 Å². The maximum Gasteiger partial charge on any atom is 0.328 e. The van der Waals surface area contributed by atoms with Crippen LogP contribution in [-0.4, -0.2) is 78.9 Å². The first-order valence-electron chi connectivity index (χ1n) is 19.4. The molecule has 0 heterocycles. The Morgan fingerprint density at radius 1 is 0.600 bits per heavy atom. The second kappa shape index (κ2) is 23.2. The molecule has 2 aromatic carbocycles. The maximum absolute atomic E-state index is 14.0. The van der Waals surface area contributed by atoms with Crippen molar-refractivity contribution in [1.82, 2.24) is 26.6 Å². The lowest BCUT2D eigenvalue weighted by Crippen LogP contribution is -2.60. The van der Waals surface area contributed by atoms with E-state index in [0.717, 1.165) is 11.1 Å². The van der Waals surface area contributed by atoms with Crippen LogP contribution in [0.5, 0.6) is 0 Å². The van der Waals surface area contributed by atoms with Crippen LogP contribution in [-0.2, 0) is 46.3 Å². The standard InChI is InChI=1S/C42H64N6O7/c1-10-28(8)38(41(53)48-37(27(6)7)42(54)55-9)46-35(50)24-31(43)32(22-29-17-13-11-14-18-29)45-40(52)36(26(4)5)47-39(51)33(44-34(49)21-25(2)3)23-30-19-15-12-16-20-30/h11-20,25-28,31-33,36-38H,10,21-24,43H2,1-9H3,(H,44,49)(H,45,52)(H,46,50)(H,47,51)(H,48,53)/t28-,31-,32-,33?,36-,37-,38-/m0/s1. The zero-order chi connectivity index (χ0) is 41.2. The van der Waals surface area contributed by atoms with E-state index < -0.39 is 65.8 Å². The first-order chi connectivity index (χ1) is 26.0. The number of esters is 1. The van der Waals surface area contributed by atoms with Gasteiger partial charge in [-0.25, -0.2) is 4.79 Å². The molecule has 1 unspecified atom stereocenters. The molecule has 0 aliphatic carbocycles. The Labute approximate surface area is 327 Å². The smallest absolute Gasteiger partial charge is 0.328 e. The lowest BCUT2D eigenvalue weighted by atomic mass is 9.94. The van der Waals surface area contributed by atoms with Gasteiger partial charge in [0.15, 0.2) is 0 Å². The second-order valence-electron chi connectivity index (χ2n) is 15.5. The first kappa shape index (κ1) is 46.4. The summed E-state index contributed by atoms with van der Waals surface area (Å²) in [5, 5.41) is 14.3. The number of carbonyl (C=O) groups excluding carboxylic acids is 6. The lowest BCUT2D eigenvalue weighted by Gasteiger charge is -2.31. The minimum Gasteiger partial charge on any atom is -0.467 e. The lowest BCUT2D eigenvalue weighted by molar-refractivity contribution is -0.147. The van der Waals surface area contributed by atoms with E-state index in [4.69, 9.17) is 10.5 Å². The average molecular weight is 765 g/mol. The molecule has 0 aliphatic rings. The van der Waals surface area contributed by atoms with Crippen molar-refractivity contribution in [1.29, 1.82) is 0 Å². The summed E-state index contributed by atoms with van der Waals surface area (Å²) in [7, 11) is 1.25. The number of rotatable bonds is 22. The summed E-state index contributed by atoms with van der Waals surface area (Å²) in [5.41, 5.74) is 8.40. The molecule has 0 aliphatic heterocycles. The van der Waals surface area contributed by atoms with E-state index in [0.29, 0.717) is 6.42 Å². The van der Waals surface area contributed by atoms with Crippen molar-refractivity contribution in [3.05, 3.63) is 71.8 Å². The van der Waals surface area contributed by atoms with Crippen LogP contribution in [0.25, 0.3) is 0 Å². The van der Waals surface area contributed by atoms with Crippen molar-refractivity contribution >= 4 is 35.5 Å². The van der Waals surface area contributed by atoms with Crippen LogP contribution < -0.4 is 32.3 Å². The van der Waals surface area contributed by atoms with Gasteiger partial charge in [-0.3, -0.25) is 24.0 Å². The molecule has 0 aromatic heterocycles. The number of benzene rings is 2. The van der Waals surface area contributed by atoms with Crippen LogP contribution in [0.3, 0.4) is 0 Å². The van der Waals surface area contributed by atoms with Gasteiger partial charge >= 0.3 is 5.97 Å². The highest BCUT2D eigenvalue weighted by molar-refractivity contribution is 5.93. The summed E-state index contributed by atoms with van der Waals surface area (Å²) in [4.78, 5) is 80.0. The first-order valence-corrected chi connectivity index (χ1v) is 19.4. The Balaban J connectivity index is 2.30. The third kappa shape index (κ3) is 15.8. The summed E-state index contributed by atoms with van der Waals surface area (Å²) in [6.07, 6.45) is 1.09. The van der Waals surface area contributed by atoms with E-state index in [1.165, 1.54) is 7.11 Å². The predicted octanol–water partition coefficient (Wildman–Crippen LogP) is 3.19. The molecule has 0 bridgehead atoms. The summed E-state index contributed by atoms with van der Waals surface area (Å²) in [6, 6.07) is 13.3. The number of carbonyl (C=O) groups is 6. The molecule has 7 N–H and O–H groups in total. The molecule has 13 heteroatoms. The minimum absolute atomic E-state index is 0.0874. The van der Waals surface area contributed by atoms with Crippen LogP contribution >= 0.6 is 0 Å². The molecule has 7 atom stereocenters. The number of ether oxygens (including phenoxy) is 1. The van der Waals surface area contributed by atoms with Gasteiger partial charge in [0.1, 0.15) is 24.2 Å². The molecule has 0 saturated carbocycles. The van der Waals surface area contributed by atoms with Gasteiger partial charge in [0, 0.05) is 31.3 Å². The van der Waals surface area contributed by atoms with Gasteiger partial charge in [-0.05, 0) is 41.2 Å². The van der Waals surface area contributed by atoms with Gasteiger partial charge in [0.05, 0.1) is 7.11 Å². The van der Waals surface area contributed by atoms with Crippen molar-refractivity contribution in [2.75, 3.05) is 7.11 Å². The van der Waals surface area contributed by atoms with Crippen molar-refractivity contribution in [3.63, 3.8) is 0 Å².